The Bertz CT molecular complexity index is 759. The molecule has 6 nitrogen and oxygen atoms in total. The van der Waals surface area contributed by atoms with E-state index < -0.39 is 14.9 Å². The third-order valence-electron chi connectivity index (χ3n) is 5.02. The van der Waals surface area contributed by atoms with Crippen LogP contribution in [0.3, 0.4) is 0 Å². The molecule has 2 bridgehead atoms. The van der Waals surface area contributed by atoms with E-state index in [1.165, 1.54) is 28.6 Å². The molecule has 2 atom stereocenters. The molecule has 1 saturated heterocycles. The van der Waals surface area contributed by atoms with E-state index in [0.717, 1.165) is 19.3 Å². The van der Waals surface area contributed by atoms with Crippen LogP contribution in [0.1, 0.15) is 40.0 Å². The summed E-state index contributed by atoms with van der Waals surface area (Å²) in [6, 6.07) is 5.54. The van der Waals surface area contributed by atoms with Crippen LogP contribution in [0.4, 0.5) is 5.69 Å². The molecular weight excluding hydrogens is 316 g/mol. The highest BCUT2D eigenvalue weighted by molar-refractivity contribution is 7.89. The molecule has 0 aromatic heterocycles. The third-order valence-corrected chi connectivity index (χ3v) is 6.96. The molecule has 126 valence electrons. The van der Waals surface area contributed by atoms with Gasteiger partial charge in [-0.15, -0.1) is 0 Å². The molecule has 3 rings (SSSR count). The molecule has 2 fully saturated rings. The first-order valence-electron chi connectivity index (χ1n) is 7.79. The minimum Gasteiger partial charge on any atom is -0.258 e. The first-order chi connectivity index (χ1) is 10.5. The number of hydrogen-bond donors (Lipinski definition) is 0. The minimum atomic E-state index is -3.87. The van der Waals surface area contributed by atoms with Gasteiger partial charge < -0.3 is 0 Å². The van der Waals surface area contributed by atoms with Crippen LogP contribution >= 0.6 is 0 Å². The van der Waals surface area contributed by atoms with Gasteiger partial charge in [-0.3, -0.25) is 10.1 Å². The van der Waals surface area contributed by atoms with Crippen molar-refractivity contribution in [3.63, 3.8) is 0 Å². The van der Waals surface area contributed by atoms with E-state index in [2.05, 4.69) is 20.8 Å². The van der Waals surface area contributed by atoms with Crippen molar-refractivity contribution in [2.24, 2.45) is 10.8 Å². The van der Waals surface area contributed by atoms with Gasteiger partial charge in [0.2, 0.25) is 10.0 Å². The number of nitro benzene ring substituents is 1. The van der Waals surface area contributed by atoms with Crippen LogP contribution in [-0.4, -0.2) is 30.2 Å². The summed E-state index contributed by atoms with van der Waals surface area (Å²) in [5, 5.41) is 11.2. The molecule has 0 unspecified atom stereocenters. The van der Waals surface area contributed by atoms with E-state index in [4.69, 9.17) is 0 Å². The molecule has 1 aromatic rings. The molecule has 1 aliphatic carbocycles. The first-order valence-corrected chi connectivity index (χ1v) is 9.23. The van der Waals surface area contributed by atoms with Crippen LogP contribution in [0.25, 0.3) is 0 Å². The molecule has 0 amide bonds. The average Bonchev–Trinajstić information content (AvgIpc) is 2.68. The van der Waals surface area contributed by atoms with E-state index in [0.29, 0.717) is 6.54 Å². The van der Waals surface area contributed by atoms with Gasteiger partial charge in [0.1, 0.15) is 0 Å². The molecule has 1 heterocycles. The topological polar surface area (TPSA) is 80.5 Å². The Morgan fingerprint density at radius 3 is 2.52 bits per heavy atom. The number of nitro groups is 1. The Morgan fingerprint density at radius 2 is 1.87 bits per heavy atom. The molecule has 1 aliphatic heterocycles. The van der Waals surface area contributed by atoms with Crippen LogP contribution < -0.4 is 0 Å². The van der Waals surface area contributed by atoms with Crippen molar-refractivity contribution in [2.75, 3.05) is 6.54 Å². The van der Waals surface area contributed by atoms with Crippen molar-refractivity contribution in [1.29, 1.82) is 0 Å². The SMILES string of the molecule is CC1(C)C[C@H]2C[C@@](C)(CN2S(=O)(=O)c2ccccc2[N+](=O)[O-])C1. The lowest BCUT2D eigenvalue weighted by atomic mass is 9.65. The Labute approximate surface area is 136 Å². The van der Waals surface area contributed by atoms with Crippen LogP contribution in [0.2, 0.25) is 0 Å². The van der Waals surface area contributed by atoms with Gasteiger partial charge in [0.15, 0.2) is 4.90 Å². The van der Waals surface area contributed by atoms with Gasteiger partial charge in [0.05, 0.1) is 4.92 Å². The maximum Gasteiger partial charge on any atom is 0.289 e. The van der Waals surface area contributed by atoms with Gasteiger partial charge in [-0.2, -0.15) is 4.31 Å². The molecule has 0 spiro atoms. The maximum absolute atomic E-state index is 13.1. The molecule has 7 heteroatoms. The highest BCUT2D eigenvalue weighted by atomic mass is 32.2. The Kier molecular flexibility index (Phi) is 3.57. The Hall–Kier alpha value is -1.47. The minimum absolute atomic E-state index is 0.0525. The van der Waals surface area contributed by atoms with E-state index in [1.807, 2.05) is 0 Å². The van der Waals surface area contributed by atoms with Crippen molar-refractivity contribution in [3.8, 4) is 0 Å². The highest BCUT2D eigenvalue weighted by Crippen LogP contribution is 2.53. The molecule has 23 heavy (non-hydrogen) atoms. The molecule has 0 radical (unpaired) electrons. The quantitative estimate of drug-likeness (QED) is 0.626. The summed E-state index contributed by atoms with van der Waals surface area (Å²) in [5.41, 5.74) is -0.313. The van der Waals surface area contributed by atoms with Crippen molar-refractivity contribution in [1.82, 2.24) is 4.31 Å². The van der Waals surface area contributed by atoms with Gasteiger partial charge >= 0.3 is 0 Å². The number of hydrogen-bond acceptors (Lipinski definition) is 4. The standard InChI is InChI=1S/C16H22N2O4S/c1-15(2)8-12-9-16(3,10-15)11-17(12)23(21,22)14-7-5-4-6-13(14)18(19)20/h4-7,12H,8-11H2,1-3H3/t12-,16+/m0/s1. The Balaban J connectivity index is 2.04. The van der Waals surface area contributed by atoms with Crippen molar-refractivity contribution < 1.29 is 13.3 Å². The summed E-state index contributed by atoms with van der Waals surface area (Å²) in [6.45, 7) is 6.89. The highest BCUT2D eigenvalue weighted by Gasteiger charge is 2.53. The van der Waals surface area contributed by atoms with Gasteiger partial charge in [-0.05, 0) is 36.2 Å². The summed E-state index contributed by atoms with van der Waals surface area (Å²) in [7, 11) is -3.87. The number of rotatable bonds is 3. The van der Waals surface area contributed by atoms with E-state index in [-0.39, 0.29) is 27.5 Å². The van der Waals surface area contributed by atoms with Crippen LogP contribution in [0.5, 0.6) is 0 Å². The number of para-hydroxylation sites is 1. The monoisotopic (exact) mass is 338 g/mol. The van der Waals surface area contributed by atoms with Gasteiger partial charge in [0, 0.05) is 18.7 Å². The van der Waals surface area contributed by atoms with Crippen LogP contribution in [0.15, 0.2) is 29.2 Å². The second kappa shape index (κ2) is 5.01. The zero-order valence-electron chi connectivity index (χ0n) is 13.7. The summed E-state index contributed by atoms with van der Waals surface area (Å²) < 4.78 is 27.7. The number of benzene rings is 1. The smallest absolute Gasteiger partial charge is 0.258 e. The number of sulfonamides is 1. The summed E-state index contributed by atoms with van der Waals surface area (Å²) in [4.78, 5) is 10.4. The second-order valence-corrected chi connectivity index (χ2v) is 9.85. The van der Waals surface area contributed by atoms with Crippen molar-refractivity contribution in [2.45, 2.75) is 51.0 Å². The molecule has 1 aromatic carbocycles. The zero-order chi connectivity index (χ0) is 17.0. The predicted molar refractivity (Wildman–Crippen MR) is 86.5 cm³/mol. The summed E-state index contributed by atoms with van der Waals surface area (Å²) in [5.74, 6) is 0. The van der Waals surface area contributed by atoms with Crippen LogP contribution in [-0.2, 0) is 10.0 Å². The van der Waals surface area contributed by atoms with E-state index >= 15 is 0 Å². The molecule has 2 aliphatic rings. The van der Waals surface area contributed by atoms with Gasteiger partial charge in [-0.25, -0.2) is 8.42 Å². The lowest BCUT2D eigenvalue weighted by Gasteiger charge is -2.39. The zero-order valence-corrected chi connectivity index (χ0v) is 14.5. The molecular formula is C16H22N2O4S. The van der Waals surface area contributed by atoms with Crippen LogP contribution in [0, 0.1) is 20.9 Å². The molecule has 1 saturated carbocycles. The lowest BCUT2D eigenvalue weighted by molar-refractivity contribution is -0.387. The molecule has 0 N–H and O–H groups in total. The predicted octanol–water partition coefficient (Wildman–Crippen LogP) is 3.18. The normalized spacial score (nSPS) is 30.3. The maximum atomic E-state index is 13.1. The fraction of sp³-hybridized carbons (Fsp3) is 0.625. The van der Waals surface area contributed by atoms with E-state index in [1.54, 1.807) is 0 Å². The average molecular weight is 338 g/mol. The lowest BCUT2D eigenvalue weighted by Crippen LogP contribution is -2.37. The van der Waals surface area contributed by atoms with Crippen molar-refractivity contribution in [3.05, 3.63) is 34.4 Å². The fourth-order valence-corrected chi connectivity index (χ4v) is 6.57. The summed E-state index contributed by atoms with van der Waals surface area (Å²) in [6.07, 6.45) is 2.60. The number of fused-ring (bicyclic) bond motifs is 2. The largest absolute Gasteiger partial charge is 0.289 e. The van der Waals surface area contributed by atoms with Gasteiger partial charge in [0.25, 0.3) is 5.69 Å². The number of nitrogens with zero attached hydrogens (tertiary/aromatic N) is 2. The van der Waals surface area contributed by atoms with E-state index in [9.17, 15) is 18.5 Å². The summed E-state index contributed by atoms with van der Waals surface area (Å²) >= 11 is 0. The van der Waals surface area contributed by atoms with Gasteiger partial charge in [-0.1, -0.05) is 32.9 Å². The second-order valence-electron chi connectivity index (χ2n) is 7.99. The third kappa shape index (κ3) is 2.76. The first kappa shape index (κ1) is 16.4. The fourth-order valence-electron chi connectivity index (χ4n) is 4.64. The Morgan fingerprint density at radius 1 is 1.22 bits per heavy atom. The van der Waals surface area contributed by atoms with Crippen molar-refractivity contribution >= 4 is 15.7 Å².